The molecule has 0 radical (unpaired) electrons. The topological polar surface area (TPSA) is 59.7 Å². The Morgan fingerprint density at radius 3 is 2.36 bits per heavy atom. The number of hydrogen-bond donors (Lipinski definition) is 1. The highest BCUT2D eigenvalue weighted by Gasteiger charge is 2.06. The fraction of sp³-hybridized carbons (Fsp3) is 0.0500. The molecule has 2 aromatic carbocycles. The molecule has 3 aromatic rings. The lowest BCUT2D eigenvalue weighted by molar-refractivity contribution is 0.0662. The van der Waals surface area contributed by atoms with Gasteiger partial charge >= 0.3 is 5.97 Å². The van der Waals surface area contributed by atoms with Gasteiger partial charge in [-0.25, -0.2) is 9.18 Å². The maximum absolute atomic E-state index is 12.8. The van der Waals surface area contributed by atoms with Crippen LogP contribution in [-0.4, -0.2) is 11.1 Å². The first-order valence-electron chi connectivity index (χ1n) is 7.59. The molecule has 1 heterocycles. The lowest BCUT2D eigenvalue weighted by Crippen LogP contribution is -1.95. The Morgan fingerprint density at radius 2 is 1.72 bits per heavy atom. The minimum Gasteiger partial charge on any atom is -0.489 e. The van der Waals surface area contributed by atoms with Gasteiger partial charge in [-0.2, -0.15) is 0 Å². The smallest absolute Gasteiger partial charge is 0.371 e. The Hall–Kier alpha value is -3.34. The van der Waals surface area contributed by atoms with Gasteiger partial charge in [-0.1, -0.05) is 30.3 Å². The number of carbonyl (C=O) groups is 1. The monoisotopic (exact) mass is 338 g/mol. The van der Waals surface area contributed by atoms with E-state index in [1.165, 1.54) is 18.2 Å². The molecule has 0 spiro atoms. The molecule has 0 fully saturated rings. The zero-order chi connectivity index (χ0) is 17.6. The highest BCUT2D eigenvalue weighted by molar-refractivity contribution is 5.84. The molecule has 1 N–H and O–H groups in total. The Balaban J connectivity index is 1.58. The van der Waals surface area contributed by atoms with Crippen LogP contribution in [0.1, 0.15) is 27.4 Å². The van der Waals surface area contributed by atoms with Gasteiger partial charge in [-0.15, -0.1) is 0 Å². The van der Waals surface area contributed by atoms with Crippen molar-refractivity contribution in [3.63, 3.8) is 0 Å². The average molecular weight is 338 g/mol. The first kappa shape index (κ1) is 16.5. The van der Waals surface area contributed by atoms with Gasteiger partial charge in [-0.05, 0) is 53.6 Å². The first-order valence-corrected chi connectivity index (χ1v) is 7.59. The van der Waals surface area contributed by atoms with Crippen LogP contribution in [0.25, 0.3) is 12.2 Å². The van der Waals surface area contributed by atoms with Crippen molar-refractivity contribution >= 4 is 18.1 Å². The molecule has 3 rings (SSSR count). The molecule has 0 aliphatic heterocycles. The third-order valence-electron chi connectivity index (χ3n) is 3.48. The zero-order valence-electron chi connectivity index (χ0n) is 13.2. The third kappa shape index (κ3) is 4.57. The molecule has 0 atom stereocenters. The summed E-state index contributed by atoms with van der Waals surface area (Å²) in [5, 5.41) is 8.81. The van der Waals surface area contributed by atoms with Gasteiger partial charge in [0.05, 0.1) is 0 Å². The van der Waals surface area contributed by atoms with E-state index in [4.69, 9.17) is 14.3 Å². The maximum atomic E-state index is 12.8. The summed E-state index contributed by atoms with van der Waals surface area (Å²) in [5.74, 6) is -0.292. The van der Waals surface area contributed by atoms with Crippen LogP contribution in [0.15, 0.2) is 65.1 Å². The molecule has 126 valence electrons. The lowest BCUT2D eigenvalue weighted by Gasteiger charge is -2.06. The lowest BCUT2D eigenvalue weighted by atomic mass is 10.2. The van der Waals surface area contributed by atoms with Gasteiger partial charge < -0.3 is 14.3 Å². The number of aromatic carboxylic acids is 1. The van der Waals surface area contributed by atoms with Crippen molar-refractivity contribution < 1.29 is 23.4 Å². The number of rotatable bonds is 6. The molecule has 0 amide bonds. The SMILES string of the molecule is O=C(O)c1ccc(/C=C/c2ccc(OCc3ccc(F)cc3)cc2)o1. The van der Waals surface area contributed by atoms with Crippen LogP contribution in [0, 0.1) is 5.82 Å². The van der Waals surface area contributed by atoms with Crippen molar-refractivity contribution in [1.29, 1.82) is 0 Å². The standard InChI is InChI=1S/C20H15FO4/c21-16-6-1-15(2-7-16)13-24-17-8-3-14(4-9-17)5-10-18-11-12-19(25-18)20(22)23/h1-12H,13H2,(H,22,23)/b10-5+. The van der Waals surface area contributed by atoms with Crippen LogP contribution in [0.4, 0.5) is 4.39 Å². The van der Waals surface area contributed by atoms with Crippen LogP contribution >= 0.6 is 0 Å². The van der Waals surface area contributed by atoms with E-state index < -0.39 is 5.97 Å². The predicted molar refractivity (Wildman–Crippen MR) is 91.8 cm³/mol. The van der Waals surface area contributed by atoms with Gasteiger partial charge in [0.1, 0.15) is 23.9 Å². The Labute approximate surface area is 143 Å². The summed E-state index contributed by atoms with van der Waals surface area (Å²) in [6.45, 7) is 0.361. The fourth-order valence-electron chi connectivity index (χ4n) is 2.16. The molecule has 0 aliphatic carbocycles. The quantitative estimate of drug-likeness (QED) is 0.697. The third-order valence-corrected chi connectivity index (χ3v) is 3.48. The van der Waals surface area contributed by atoms with E-state index in [2.05, 4.69) is 0 Å². The molecule has 0 unspecified atom stereocenters. The van der Waals surface area contributed by atoms with Gasteiger partial charge in [0, 0.05) is 0 Å². The molecule has 0 saturated carbocycles. The van der Waals surface area contributed by atoms with E-state index in [1.54, 1.807) is 24.3 Å². The molecule has 1 aromatic heterocycles. The number of hydrogen-bond acceptors (Lipinski definition) is 3. The Bertz CT molecular complexity index is 877. The van der Waals surface area contributed by atoms with Crippen molar-refractivity contribution in [2.45, 2.75) is 6.61 Å². The van der Waals surface area contributed by atoms with Gasteiger partial charge in [0.15, 0.2) is 0 Å². The summed E-state index contributed by atoms with van der Waals surface area (Å²) in [6.07, 6.45) is 3.51. The van der Waals surface area contributed by atoms with Gasteiger partial charge in [0.25, 0.3) is 0 Å². The van der Waals surface area contributed by atoms with Crippen LogP contribution in [0.3, 0.4) is 0 Å². The normalized spacial score (nSPS) is 10.9. The van der Waals surface area contributed by atoms with Gasteiger partial charge in [-0.3, -0.25) is 0 Å². The minimum atomic E-state index is -1.10. The number of furan rings is 1. The Kier molecular flexibility index (Phi) is 4.95. The summed E-state index contributed by atoms with van der Waals surface area (Å²) >= 11 is 0. The number of halogens is 1. The molecule has 25 heavy (non-hydrogen) atoms. The largest absolute Gasteiger partial charge is 0.489 e. The van der Waals surface area contributed by atoms with E-state index in [-0.39, 0.29) is 11.6 Å². The number of benzene rings is 2. The number of carboxylic acid groups (broad SMARTS) is 1. The van der Waals surface area contributed by atoms with E-state index in [9.17, 15) is 9.18 Å². The summed E-state index contributed by atoms with van der Waals surface area (Å²) in [4.78, 5) is 10.8. The molecule has 0 aliphatic rings. The average Bonchev–Trinajstić information content (AvgIpc) is 3.10. The van der Waals surface area contributed by atoms with Crippen molar-refractivity contribution in [3.8, 4) is 5.75 Å². The van der Waals surface area contributed by atoms with Crippen molar-refractivity contribution in [1.82, 2.24) is 0 Å². The van der Waals surface area contributed by atoms with Crippen LogP contribution in [0.5, 0.6) is 5.75 Å². The maximum Gasteiger partial charge on any atom is 0.371 e. The van der Waals surface area contributed by atoms with Crippen LogP contribution in [0.2, 0.25) is 0 Å². The van der Waals surface area contributed by atoms with E-state index in [1.807, 2.05) is 30.3 Å². The molecule has 0 saturated heterocycles. The van der Waals surface area contributed by atoms with E-state index in [0.29, 0.717) is 18.1 Å². The van der Waals surface area contributed by atoms with Crippen molar-refractivity contribution in [2.24, 2.45) is 0 Å². The second-order valence-corrected chi connectivity index (χ2v) is 5.32. The van der Waals surface area contributed by atoms with Crippen LogP contribution in [-0.2, 0) is 6.61 Å². The van der Waals surface area contributed by atoms with Gasteiger partial charge in [0.2, 0.25) is 5.76 Å². The first-order chi connectivity index (χ1) is 12.1. The molecule has 4 nitrogen and oxygen atoms in total. The molecule has 5 heteroatoms. The van der Waals surface area contributed by atoms with Crippen LogP contribution < -0.4 is 4.74 Å². The highest BCUT2D eigenvalue weighted by Crippen LogP contribution is 2.17. The van der Waals surface area contributed by atoms with Crippen molar-refractivity contribution in [2.75, 3.05) is 0 Å². The summed E-state index contributed by atoms with van der Waals surface area (Å²) in [5.41, 5.74) is 1.81. The van der Waals surface area contributed by atoms with E-state index >= 15 is 0 Å². The molecular formula is C20H15FO4. The zero-order valence-corrected chi connectivity index (χ0v) is 13.2. The summed E-state index contributed by atoms with van der Waals surface area (Å²) in [6, 6.07) is 16.6. The minimum absolute atomic E-state index is 0.0933. The summed E-state index contributed by atoms with van der Waals surface area (Å²) < 4.78 is 23.6. The second kappa shape index (κ2) is 7.49. The molecular weight excluding hydrogens is 323 g/mol. The fourth-order valence-corrected chi connectivity index (χ4v) is 2.16. The Morgan fingerprint density at radius 1 is 1.00 bits per heavy atom. The highest BCUT2D eigenvalue weighted by atomic mass is 19.1. The number of ether oxygens (including phenoxy) is 1. The number of carboxylic acids is 1. The molecule has 0 bridgehead atoms. The van der Waals surface area contributed by atoms with Crippen molar-refractivity contribution in [3.05, 3.63) is 89.1 Å². The van der Waals surface area contributed by atoms with E-state index in [0.717, 1.165) is 11.1 Å². The summed E-state index contributed by atoms with van der Waals surface area (Å²) in [7, 11) is 0. The predicted octanol–water partition coefficient (Wildman–Crippen LogP) is 4.87. The second-order valence-electron chi connectivity index (χ2n) is 5.32.